The third kappa shape index (κ3) is 3.83. The van der Waals surface area contributed by atoms with E-state index in [0.29, 0.717) is 0 Å². The van der Waals surface area contributed by atoms with Crippen molar-refractivity contribution in [3.05, 3.63) is 36.4 Å². The second-order valence-electron chi connectivity index (χ2n) is 2.60. The van der Waals surface area contributed by atoms with Crippen molar-refractivity contribution in [2.75, 3.05) is 0 Å². The molecule has 1 rings (SSSR count). The molecule has 0 amide bonds. The zero-order valence-electron chi connectivity index (χ0n) is 8.80. The van der Waals surface area contributed by atoms with Crippen LogP contribution in [0.1, 0.15) is 31.1 Å². The molecular weight excluding hydrogens is 160 g/mol. The fraction of sp³-hybridized carbons (Fsp3) is 0.455. The Morgan fingerprint density at radius 3 is 1.77 bits per heavy atom. The molecule has 0 aliphatic rings. The summed E-state index contributed by atoms with van der Waals surface area (Å²) >= 11 is 0. The van der Waals surface area contributed by atoms with E-state index < -0.39 is 0 Å². The van der Waals surface area contributed by atoms with Gasteiger partial charge in [0.05, 0.1) is 0 Å². The maximum absolute atomic E-state index is 4.29. The van der Waals surface area contributed by atoms with Crippen LogP contribution >= 0.6 is 0 Å². The summed E-state index contributed by atoms with van der Waals surface area (Å²) in [6.45, 7) is 12.2. The molecule has 1 heterocycles. The highest BCUT2D eigenvalue weighted by molar-refractivity contribution is 5.10. The standard InChI is InChI=1S/C9H14N2.C2H4/c1-4-8-6-9(5-2)11-7(3)10-8;1-2/h6H,4-5H2,1-3H3;1-2H2. The number of aryl methyl sites for hydroxylation is 3. The van der Waals surface area contributed by atoms with Gasteiger partial charge in [-0.1, -0.05) is 13.8 Å². The normalized spacial score (nSPS) is 8.85. The molecule has 72 valence electrons. The summed E-state index contributed by atoms with van der Waals surface area (Å²) in [6, 6.07) is 2.08. The van der Waals surface area contributed by atoms with E-state index in [1.807, 2.05) is 6.92 Å². The molecule has 0 saturated heterocycles. The largest absolute Gasteiger partial charge is 0.238 e. The summed E-state index contributed by atoms with van der Waals surface area (Å²) in [6.07, 6.45) is 1.99. The van der Waals surface area contributed by atoms with Crippen LogP contribution < -0.4 is 0 Å². The van der Waals surface area contributed by atoms with E-state index in [0.717, 1.165) is 30.1 Å². The van der Waals surface area contributed by atoms with E-state index in [9.17, 15) is 0 Å². The molecule has 0 aliphatic carbocycles. The van der Waals surface area contributed by atoms with Gasteiger partial charge < -0.3 is 0 Å². The molecule has 0 spiro atoms. The molecular formula is C11H18N2. The van der Waals surface area contributed by atoms with Crippen molar-refractivity contribution in [3.8, 4) is 0 Å². The Bertz CT molecular complexity index is 234. The fourth-order valence-electron chi connectivity index (χ4n) is 1.06. The molecule has 0 saturated carbocycles. The lowest BCUT2D eigenvalue weighted by Crippen LogP contribution is -1.98. The summed E-state index contributed by atoms with van der Waals surface area (Å²) < 4.78 is 0. The molecule has 2 heteroatoms. The van der Waals surface area contributed by atoms with Crippen molar-refractivity contribution < 1.29 is 0 Å². The number of hydrogen-bond acceptors (Lipinski definition) is 2. The smallest absolute Gasteiger partial charge is 0.125 e. The Morgan fingerprint density at radius 2 is 1.46 bits per heavy atom. The highest BCUT2D eigenvalue weighted by atomic mass is 14.9. The van der Waals surface area contributed by atoms with Crippen molar-refractivity contribution in [1.82, 2.24) is 9.97 Å². The fourth-order valence-corrected chi connectivity index (χ4v) is 1.06. The third-order valence-electron chi connectivity index (χ3n) is 1.67. The molecule has 2 nitrogen and oxygen atoms in total. The first-order valence-corrected chi connectivity index (χ1v) is 4.59. The third-order valence-corrected chi connectivity index (χ3v) is 1.67. The minimum Gasteiger partial charge on any atom is -0.238 e. The van der Waals surface area contributed by atoms with Crippen molar-refractivity contribution in [2.24, 2.45) is 0 Å². The van der Waals surface area contributed by atoms with Gasteiger partial charge in [0.2, 0.25) is 0 Å². The van der Waals surface area contributed by atoms with Gasteiger partial charge in [-0.25, -0.2) is 9.97 Å². The molecule has 0 atom stereocenters. The maximum atomic E-state index is 4.29. The minimum absolute atomic E-state index is 0.890. The average molecular weight is 178 g/mol. The van der Waals surface area contributed by atoms with Crippen LogP contribution in [-0.2, 0) is 12.8 Å². The van der Waals surface area contributed by atoms with Gasteiger partial charge in [-0.2, -0.15) is 0 Å². The molecule has 0 bridgehead atoms. The van der Waals surface area contributed by atoms with Crippen molar-refractivity contribution in [2.45, 2.75) is 33.6 Å². The van der Waals surface area contributed by atoms with Gasteiger partial charge in [-0.15, -0.1) is 13.2 Å². The average Bonchev–Trinajstić information content (AvgIpc) is 2.20. The van der Waals surface area contributed by atoms with E-state index in [4.69, 9.17) is 0 Å². The van der Waals surface area contributed by atoms with Crippen LogP contribution in [0.15, 0.2) is 19.2 Å². The van der Waals surface area contributed by atoms with Gasteiger partial charge in [-0.3, -0.25) is 0 Å². The summed E-state index contributed by atoms with van der Waals surface area (Å²) in [7, 11) is 0. The monoisotopic (exact) mass is 178 g/mol. The molecule has 13 heavy (non-hydrogen) atoms. The second-order valence-corrected chi connectivity index (χ2v) is 2.60. The van der Waals surface area contributed by atoms with Crippen molar-refractivity contribution in [1.29, 1.82) is 0 Å². The van der Waals surface area contributed by atoms with Crippen molar-refractivity contribution in [3.63, 3.8) is 0 Å². The predicted octanol–water partition coefficient (Wildman–Crippen LogP) is 2.71. The minimum atomic E-state index is 0.890. The first kappa shape index (κ1) is 11.8. The van der Waals surface area contributed by atoms with Crippen LogP contribution in [-0.4, -0.2) is 9.97 Å². The molecule has 0 aliphatic heterocycles. The van der Waals surface area contributed by atoms with E-state index in [1.54, 1.807) is 0 Å². The van der Waals surface area contributed by atoms with Gasteiger partial charge in [-0.05, 0) is 25.8 Å². The topological polar surface area (TPSA) is 25.8 Å². The van der Waals surface area contributed by atoms with Crippen molar-refractivity contribution >= 4 is 0 Å². The van der Waals surface area contributed by atoms with E-state index in [2.05, 4.69) is 43.0 Å². The zero-order chi connectivity index (χ0) is 10.3. The van der Waals surface area contributed by atoms with Crippen LogP contribution in [0.3, 0.4) is 0 Å². The Labute approximate surface area is 80.7 Å². The zero-order valence-corrected chi connectivity index (χ0v) is 8.80. The molecule has 1 aromatic heterocycles. The Morgan fingerprint density at radius 1 is 1.08 bits per heavy atom. The Hall–Kier alpha value is -1.18. The number of hydrogen-bond donors (Lipinski definition) is 0. The van der Waals surface area contributed by atoms with Gasteiger partial charge >= 0.3 is 0 Å². The molecule has 0 radical (unpaired) electrons. The predicted molar refractivity (Wildman–Crippen MR) is 56.8 cm³/mol. The highest BCUT2D eigenvalue weighted by Gasteiger charge is 1.96. The summed E-state index contributed by atoms with van der Waals surface area (Å²) in [5.74, 6) is 0.890. The van der Waals surface area contributed by atoms with Gasteiger partial charge in [0.1, 0.15) is 5.82 Å². The van der Waals surface area contributed by atoms with Crippen LogP contribution in [0.5, 0.6) is 0 Å². The number of nitrogens with zero attached hydrogens (tertiary/aromatic N) is 2. The molecule has 0 unspecified atom stereocenters. The maximum Gasteiger partial charge on any atom is 0.125 e. The lowest BCUT2D eigenvalue weighted by atomic mass is 10.2. The highest BCUT2D eigenvalue weighted by Crippen LogP contribution is 2.01. The molecule has 0 fully saturated rings. The second kappa shape index (κ2) is 6.35. The first-order valence-electron chi connectivity index (χ1n) is 4.59. The van der Waals surface area contributed by atoms with Crippen LogP contribution in [0.2, 0.25) is 0 Å². The summed E-state index contributed by atoms with van der Waals surface area (Å²) in [5.41, 5.74) is 2.30. The van der Waals surface area contributed by atoms with Gasteiger partial charge in [0.15, 0.2) is 0 Å². The first-order chi connectivity index (χ1) is 6.26. The summed E-state index contributed by atoms with van der Waals surface area (Å²) in [5, 5.41) is 0. The lowest BCUT2D eigenvalue weighted by molar-refractivity contribution is 0.894. The number of rotatable bonds is 2. The van der Waals surface area contributed by atoms with Gasteiger partial charge in [0, 0.05) is 11.4 Å². The van der Waals surface area contributed by atoms with E-state index in [-0.39, 0.29) is 0 Å². The Balaban J connectivity index is 0.000000671. The van der Waals surface area contributed by atoms with Gasteiger partial charge in [0.25, 0.3) is 0 Å². The molecule has 0 aromatic carbocycles. The van der Waals surface area contributed by atoms with Crippen LogP contribution in [0.25, 0.3) is 0 Å². The van der Waals surface area contributed by atoms with E-state index in [1.165, 1.54) is 0 Å². The number of aromatic nitrogens is 2. The molecule has 1 aromatic rings. The SMILES string of the molecule is C=C.CCc1cc(CC)nc(C)n1. The Kier molecular flexibility index (Phi) is 5.77. The lowest BCUT2D eigenvalue weighted by Gasteiger charge is -2.00. The quantitative estimate of drug-likeness (QED) is 0.651. The van der Waals surface area contributed by atoms with E-state index >= 15 is 0 Å². The summed E-state index contributed by atoms with van der Waals surface area (Å²) in [4.78, 5) is 8.58. The molecule has 0 N–H and O–H groups in total. The van der Waals surface area contributed by atoms with Crippen LogP contribution in [0.4, 0.5) is 0 Å². The van der Waals surface area contributed by atoms with Crippen LogP contribution in [0, 0.1) is 6.92 Å².